The molecule has 44 heavy (non-hydrogen) atoms. The van der Waals surface area contributed by atoms with E-state index in [2.05, 4.69) is 10.6 Å². The summed E-state index contributed by atoms with van der Waals surface area (Å²) in [7, 11) is 6.83. The predicted molar refractivity (Wildman–Crippen MR) is 171 cm³/mol. The summed E-state index contributed by atoms with van der Waals surface area (Å²) in [5, 5.41) is 39.6. The molecule has 2 rings (SSSR count). The fourth-order valence-corrected chi connectivity index (χ4v) is 5.21. The number of phenols is 2. The minimum Gasteiger partial charge on any atom is -0.506 e. The van der Waals surface area contributed by atoms with Crippen molar-refractivity contribution in [2.75, 3.05) is 52.0 Å². The van der Waals surface area contributed by atoms with Crippen molar-refractivity contribution in [3.05, 3.63) is 47.1 Å². The molecule has 12 heteroatoms. The fourth-order valence-electron chi connectivity index (χ4n) is 5.21. The average Bonchev–Trinajstić information content (AvgIpc) is 2.95. The number of likely N-dealkylation sites (N-methyl/N-ethyl adjacent to an activating group) is 1. The summed E-state index contributed by atoms with van der Waals surface area (Å²) in [6.07, 6.45) is 3.10. The third-order valence-electron chi connectivity index (χ3n) is 7.69. The number of anilines is 2. The van der Waals surface area contributed by atoms with E-state index in [1.165, 1.54) is 20.3 Å². The lowest BCUT2D eigenvalue weighted by atomic mass is 9.87. The Kier molecular flexibility index (Phi) is 14.2. The normalized spacial score (nSPS) is 25.6. The number of fused-ring (bicyclic) bond motifs is 2. The summed E-state index contributed by atoms with van der Waals surface area (Å²) in [5.74, 6) is -1.32. The summed E-state index contributed by atoms with van der Waals surface area (Å²) >= 11 is 0. The number of aromatic hydroxyl groups is 2. The number of hydrogen-bond acceptors (Lipinski definition) is 10. The van der Waals surface area contributed by atoms with Crippen molar-refractivity contribution in [2.24, 2.45) is 17.6 Å². The molecule has 1 aromatic rings. The predicted octanol–water partition coefficient (Wildman–Crippen LogP) is 3.53. The van der Waals surface area contributed by atoms with Crippen LogP contribution in [0.2, 0.25) is 0 Å². The highest BCUT2D eigenvalue weighted by Gasteiger charge is 2.30. The van der Waals surface area contributed by atoms with Crippen LogP contribution in [0, 0.1) is 11.8 Å². The van der Waals surface area contributed by atoms with Gasteiger partial charge >= 0.3 is 6.09 Å². The highest BCUT2D eigenvalue weighted by Crippen LogP contribution is 2.42. The smallest absolute Gasteiger partial charge is 0.405 e. The van der Waals surface area contributed by atoms with Gasteiger partial charge in [-0.2, -0.15) is 0 Å². The monoisotopic (exact) mass is 618 g/mol. The van der Waals surface area contributed by atoms with Crippen LogP contribution in [0.3, 0.4) is 0 Å². The van der Waals surface area contributed by atoms with Crippen molar-refractivity contribution >= 4 is 23.4 Å². The number of amides is 2. The molecule has 12 nitrogen and oxygen atoms in total. The molecule has 2 bridgehead atoms. The number of phenolic OH excluding ortho intramolecular Hbond substituents is 2. The van der Waals surface area contributed by atoms with Gasteiger partial charge in [-0.25, -0.2) is 4.79 Å². The first-order chi connectivity index (χ1) is 20.7. The van der Waals surface area contributed by atoms with Gasteiger partial charge in [-0.1, -0.05) is 38.2 Å². The Bertz CT molecular complexity index is 1230. The van der Waals surface area contributed by atoms with Gasteiger partial charge in [0.15, 0.2) is 6.10 Å². The standard InChI is InChI=1S/C32H50N4O8/c1-18-14-22-27(34-12-13-36(5)6)24(37)17-23(29(22)39)35-31(40)19(2)10-9-11-25(42-7)30(44-32(33)41)21(4)16-20(3)28(38)26(15-18)43-8/h9-11,16-18,20,25-26,28,30,34,37-39H,12-15H2,1-8H3,(H2,33,41)(H,35,40)/t18-,20+,25+,26+,28-,30+/m1/s1. The van der Waals surface area contributed by atoms with Crippen LogP contribution in [0.1, 0.15) is 39.7 Å². The molecule has 246 valence electrons. The molecule has 1 aromatic carbocycles. The lowest BCUT2D eigenvalue weighted by Gasteiger charge is -2.29. The topological polar surface area (TPSA) is 176 Å². The number of ether oxygens (including phenoxy) is 3. The first kappa shape index (κ1) is 36.6. The van der Waals surface area contributed by atoms with E-state index in [9.17, 15) is 24.9 Å². The van der Waals surface area contributed by atoms with Gasteiger partial charge in [0, 0.05) is 50.4 Å². The number of rotatable bonds is 7. The van der Waals surface area contributed by atoms with Crippen LogP contribution in [-0.4, -0.2) is 98.0 Å². The van der Waals surface area contributed by atoms with Crippen LogP contribution in [0.4, 0.5) is 16.2 Å². The minimum absolute atomic E-state index is 0.0592. The van der Waals surface area contributed by atoms with Crippen molar-refractivity contribution in [1.29, 1.82) is 0 Å². The van der Waals surface area contributed by atoms with Gasteiger partial charge in [0.25, 0.3) is 5.91 Å². The van der Waals surface area contributed by atoms with Gasteiger partial charge in [-0.15, -0.1) is 0 Å². The Morgan fingerprint density at radius 1 is 1.18 bits per heavy atom. The molecule has 1 aliphatic rings. The molecule has 0 aliphatic carbocycles. The molecule has 0 saturated carbocycles. The largest absolute Gasteiger partial charge is 0.506 e. The zero-order chi connectivity index (χ0) is 33.1. The number of primary amides is 1. The summed E-state index contributed by atoms with van der Waals surface area (Å²) in [5.41, 5.74) is 7.15. The van der Waals surface area contributed by atoms with Crippen molar-refractivity contribution in [2.45, 2.75) is 65.0 Å². The van der Waals surface area contributed by atoms with Gasteiger partial charge in [0.2, 0.25) is 0 Å². The Morgan fingerprint density at radius 3 is 2.45 bits per heavy atom. The van der Waals surface area contributed by atoms with Crippen LogP contribution in [-0.2, 0) is 25.4 Å². The number of hydrogen-bond donors (Lipinski definition) is 6. The van der Waals surface area contributed by atoms with Gasteiger partial charge in [0.1, 0.15) is 17.6 Å². The molecule has 6 atom stereocenters. The van der Waals surface area contributed by atoms with Crippen LogP contribution >= 0.6 is 0 Å². The number of nitrogens with one attached hydrogen (secondary N) is 2. The Hall–Kier alpha value is -3.58. The summed E-state index contributed by atoms with van der Waals surface area (Å²) < 4.78 is 16.7. The molecule has 0 saturated heterocycles. The van der Waals surface area contributed by atoms with E-state index >= 15 is 0 Å². The highest BCUT2D eigenvalue weighted by molar-refractivity contribution is 6.04. The maximum absolute atomic E-state index is 13.1. The number of benzene rings is 1. The molecule has 0 spiro atoms. The molecule has 1 heterocycles. The summed E-state index contributed by atoms with van der Waals surface area (Å²) in [6, 6.07) is 1.32. The van der Waals surface area contributed by atoms with E-state index in [-0.39, 0.29) is 23.1 Å². The van der Waals surface area contributed by atoms with Crippen LogP contribution in [0.25, 0.3) is 0 Å². The lowest BCUT2D eigenvalue weighted by Crippen LogP contribution is -2.37. The molecule has 1 aliphatic heterocycles. The van der Waals surface area contributed by atoms with E-state index in [1.54, 1.807) is 38.2 Å². The number of methoxy groups -OCH3 is 2. The molecular formula is C32H50N4O8. The van der Waals surface area contributed by atoms with Gasteiger partial charge in [-0.05, 0) is 52.3 Å². The van der Waals surface area contributed by atoms with Crippen molar-refractivity contribution in [3.63, 3.8) is 0 Å². The van der Waals surface area contributed by atoms with Crippen molar-refractivity contribution < 1.29 is 39.1 Å². The van der Waals surface area contributed by atoms with E-state index in [4.69, 9.17) is 19.9 Å². The number of nitrogens with zero attached hydrogens (tertiary/aromatic N) is 1. The average molecular weight is 619 g/mol. The molecule has 0 unspecified atom stereocenters. The SMILES string of the molecule is CO[C@H]1C=CC=C(C)C(=O)Nc2cc(O)c(NCCN(C)C)c(c2O)C[C@@H](C)C[C@H](OC)[C@H](O)[C@@H](C)C=C(C)[C@@H]1OC(N)=O. The molecule has 7 N–H and O–H groups in total. The quantitative estimate of drug-likeness (QED) is 0.151. The molecule has 0 radical (unpaired) electrons. The number of carbonyl (C=O) groups excluding carboxylic acids is 2. The molecule has 0 aromatic heterocycles. The Morgan fingerprint density at radius 2 is 1.86 bits per heavy atom. The van der Waals surface area contributed by atoms with Crippen LogP contribution < -0.4 is 16.4 Å². The van der Waals surface area contributed by atoms with Gasteiger partial charge < -0.3 is 50.8 Å². The zero-order valence-electron chi connectivity index (χ0n) is 27.1. The van der Waals surface area contributed by atoms with E-state index in [1.807, 2.05) is 32.8 Å². The number of aliphatic hydroxyl groups excluding tert-OH is 1. The number of carbonyl (C=O) groups is 2. The second-order valence-corrected chi connectivity index (χ2v) is 11.7. The third kappa shape index (κ3) is 10.3. The second kappa shape index (κ2) is 17.0. The number of nitrogens with two attached hydrogens (primary N) is 1. The summed E-state index contributed by atoms with van der Waals surface area (Å²) in [6.45, 7) is 8.32. The van der Waals surface area contributed by atoms with E-state index in [0.29, 0.717) is 48.3 Å². The molecule has 0 fully saturated rings. The first-order valence-electron chi connectivity index (χ1n) is 14.7. The van der Waals surface area contributed by atoms with Crippen molar-refractivity contribution in [1.82, 2.24) is 4.90 Å². The highest BCUT2D eigenvalue weighted by atomic mass is 16.6. The number of allylic oxidation sites excluding steroid dienone is 2. The van der Waals surface area contributed by atoms with E-state index in [0.717, 1.165) is 0 Å². The van der Waals surface area contributed by atoms with Gasteiger partial charge in [0.05, 0.1) is 23.6 Å². The van der Waals surface area contributed by atoms with Crippen LogP contribution in [0.15, 0.2) is 41.5 Å². The van der Waals surface area contributed by atoms with Gasteiger partial charge in [-0.3, -0.25) is 4.79 Å². The molecule has 2 amide bonds. The molecular weight excluding hydrogens is 568 g/mol. The van der Waals surface area contributed by atoms with E-state index < -0.39 is 42.3 Å². The number of aliphatic hydroxyl groups is 1. The lowest BCUT2D eigenvalue weighted by molar-refractivity contribution is -0.112. The maximum atomic E-state index is 13.1. The Labute approximate surface area is 260 Å². The minimum atomic E-state index is -0.986. The maximum Gasteiger partial charge on any atom is 0.405 e. The fraction of sp³-hybridized carbons (Fsp3) is 0.562. The first-order valence-corrected chi connectivity index (χ1v) is 14.7. The third-order valence-corrected chi connectivity index (χ3v) is 7.69. The summed E-state index contributed by atoms with van der Waals surface area (Å²) in [4.78, 5) is 26.8. The van der Waals surface area contributed by atoms with Crippen molar-refractivity contribution in [3.8, 4) is 11.5 Å². The Balaban J connectivity index is 2.65. The van der Waals surface area contributed by atoms with Crippen LogP contribution in [0.5, 0.6) is 11.5 Å². The zero-order valence-corrected chi connectivity index (χ0v) is 27.1. The second-order valence-electron chi connectivity index (χ2n) is 11.7.